The van der Waals surface area contributed by atoms with Crippen molar-refractivity contribution in [2.24, 2.45) is 7.05 Å². The minimum atomic E-state index is -3.41. The molecular formula is C21H21FN2O3S. The van der Waals surface area contributed by atoms with Crippen LogP contribution in [0.4, 0.5) is 10.1 Å². The quantitative estimate of drug-likeness (QED) is 0.674. The Morgan fingerprint density at radius 1 is 1.07 bits per heavy atom. The molecule has 1 saturated carbocycles. The summed E-state index contributed by atoms with van der Waals surface area (Å²) in [5.41, 5.74) is 2.00. The highest BCUT2D eigenvalue weighted by Gasteiger charge is 2.29. The molecule has 0 saturated heterocycles. The molecule has 1 aliphatic carbocycles. The van der Waals surface area contributed by atoms with Crippen LogP contribution in [0.5, 0.6) is 0 Å². The van der Waals surface area contributed by atoms with Gasteiger partial charge in [-0.05, 0) is 48.6 Å². The summed E-state index contributed by atoms with van der Waals surface area (Å²) in [5, 5.41) is 0.866. The van der Waals surface area contributed by atoms with Crippen LogP contribution in [-0.4, -0.2) is 32.3 Å². The summed E-state index contributed by atoms with van der Waals surface area (Å²) < 4.78 is 39.5. The molecule has 1 heterocycles. The van der Waals surface area contributed by atoms with Gasteiger partial charge in [0.2, 0.25) is 0 Å². The molecule has 4 rings (SSSR count). The Hall–Kier alpha value is -2.67. The lowest BCUT2D eigenvalue weighted by atomic mass is 9.98. The van der Waals surface area contributed by atoms with E-state index in [0.717, 1.165) is 18.5 Å². The Morgan fingerprint density at radius 3 is 2.43 bits per heavy atom. The lowest BCUT2D eigenvalue weighted by Crippen LogP contribution is -2.21. The van der Waals surface area contributed by atoms with Crippen LogP contribution in [0.25, 0.3) is 21.9 Å². The van der Waals surface area contributed by atoms with Crippen LogP contribution in [-0.2, 0) is 16.9 Å². The summed E-state index contributed by atoms with van der Waals surface area (Å²) in [6.07, 6.45) is 5.03. The number of anilines is 1. The maximum Gasteiger partial charge on any atom is 0.258 e. The summed E-state index contributed by atoms with van der Waals surface area (Å²) in [5.74, 6) is -0.484. The lowest BCUT2D eigenvalue weighted by molar-refractivity contribution is 0.602. The SMILES string of the molecule is CN(c1ccc(S(C)(=O)=O)cc1-c1cn(C)c(=O)c2cc(F)ccc12)C1CC1. The molecule has 2 aromatic carbocycles. The number of aromatic nitrogens is 1. The number of nitrogens with zero attached hydrogens (tertiary/aromatic N) is 2. The van der Waals surface area contributed by atoms with Gasteiger partial charge in [0.25, 0.3) is 5.56 Å². The lowest BCUT2D eigenvalue weighted by Gasteiger charge is -2.24. The van der Waals surface area contributed by atoms with Gasteiger partial charge in [-0.2, -0.15) is 0 Å². The van der Waals surface area contributed by atoms with Crippen LogP contribution >= 0.6 is 0 Å². The van der Waals surface area contributed by atoms with Gasteiger partial charge in [-0.25, -0.2) is 12.8 Å². The number of hydrogen-bond acceptors (Lipinski definition) is 4. The fourth-order valence-corrected chi connectivity index (χ4v) is 4.23. The van der Waals surface area contributed by atoms with E-state index in [1.54, 1.807) is 31.4 Å². The maximum absolute atomic E-state index is 13.8. The minimum Gasteiger partial charge on any atom is -0.371 e. The number of pyridine rings is 1. The first kappa shape index (κ1) is 18.7. The van der Waals surface area contributed by atoms with Gasteiger partial charge in [0.1, 0.15) is 5.82 Å². The van der Waals surface area contributed by atoms with Gasteiger partial charge in [-0.3, -0.25) is 4.79 Å². The van der Waals surface area contributed by atoms with Crippen molar-refractivity contribution in [1.29, 1.82) is 0 Å². The largest absolute Gasteiger partial charge is 0.371 e. The number of fused-ring (bicyclic) bond motifs is 1. The molecule has 1 fully saturated rings. The number of hydrogen-bond donors (Lipinski definition) is 0. The Morgan fingerprint density at radius 2 is 1.79 bits per heavy atom. The van der Waals surface area contributed by atoms with E-state index in [-0.39, 0.29) is 15.8 Å². The van der Waals surface area contributed by atoms with Gasteiger partial charge in [0, 0.05) is 49.4 Å². The van der Waals surface area contributed by atoms with E-state index in [1.165, 1.54) is 23.0 Å². The Kier molecular flexibility index (Phi) is 4.30. The molecule has 146 valence electrons. The number of benzene rings is 2. The first-order valence-corrected chi connectivity index (χ1v) is 10.9. The van der Waals surface area contributed by atoms with Crippen LogP contribution in [0, 0.1) is 5.82 Å². The number of rotatable bonds is 4. The molecule has 0 atom stereocenters. The fourth-order valence-electron chi connectivity index (χ4n) is 3.58. The van der Waals surface area contributed by atoms with E-state index < -0.39 is 15.7 Å². The molecular weight excluding hydrogens is 379 g/mol. The second-order valence-corrected chi connectivity index (χ2v) is 9.46. The first-order valence-electron chi connectivity index (χ1n) is 9.03. The smallest absolute Gasteiger partial charge is 0.258 e. The summed E-state index contributed by atoms with van der Waals surface area (Å²) >= 11 is 0. The van der Waals surface area contributed by atoms with E-state index >= 15 is 0 Å². The molecule has 0 N–H and O–H groups in total. The van der Waals surface area contributed by atoms with Gasteiger partial charge in [0.05, 0.1) is 10.3 Å². The number of sulfone groups is 1. The maximum atomic E-state index is 13.8. The molecule has 1 aliphatic rings. The molecule has 0 bridgehead atoms. The fraction of sp³-hybridized carbons (Fsp3) is 0.286. The van der Waals surface area contributed by atoms with Crippen molar-refractivity contribution in [3.05, 3.63) is 58.8 Å². The van der Waals surface area contributed by atoms with Crippen LogP contribution in [0.1, 0.15) is 12.8 Å². The summed E-state index contributed by atoms with van der Waals surface area (Å²) in [6.45, 7) is 0. The van der Waals surface area contributed by atoms with Crippen molar-refractivity contribution in [2.75, 3.05) is 18.2 Å². The van der Waals surface area contributed by atoms with Gasteiger partial charge in [-0.15, -0.1) is 0 Å². The Balaban J connectivity index is 2.08. The topological polar surface area (TPSA) is 59.4 Å². The van der Waals surface area contributed by atoms with Crippen LogP contribution in [0.15, 0.2) is 52.3 Å². The van der Waals surface area contributed by atoms with Crippen molar-refractivity contribution in [1.82, 2.24) is 4.57 Å². The second kappa shape index (κ2) is 6.44. The van der Waals surface area contributed by atoms with E-state index in [2.05, 4.69) is 4.90 Å². The van der Waals surface area contributed by atoms with Crippen molar-refractivity contribution >= 4 is 26.3 Å². The van der Waals surface area contributed by atoms with Gasteiger partial charge < -0.3 is 9.47 Å². The van der Waals surface area contributed by atoms with Gasteiger partial charge in [0.15, 0.2) is 9.84 Å². The van der Waals surface area contributed by atoms with Crippen molar-refractivity contribution in [2.45, 2.75) is 23.8 Å². The third-order valence-electron chi connectivity index (χ3n) is 5.31. The second-order valence-electron chi connectivity index (χ2n) is 7.44. The van der Waals surface area contributed by atoms with Crippen molar-refractivity contribution in [3.63, 3.8) is 0 Å². The number of halogens is 1. The van der Waals surface area contributed by atoms with Gasteiger partial charge in [-0.1, -0.05) is 6.07 Å². The molecule has 7 heteroatoms. The van der Waals surface area contributed by atoms with Crippen molar-refractivity contribution < 1.29 is 12.8 Å². The zero-order valence-corrected chi connectivity index (χ0v) is 16.8. The highest BCUT2D eigenvalue weighted by Crippen LogP contribution is 2.40. The summed E-state index contributed by atoms with van der Waals surface area (Å²) in [7, 11) is 0.193. The highest BCUT2D eigenvalue weighted by molar-refractivity contribution is 7.90. The summed E-state index contributed by atoms with van der Waals surface area (Å²) in [4.78, 5) is 14.9. The molecule has 28 heavy (non-hydrogen) atoms. The highest BCUT2D eigenvalue weighted by atomic mass is 32.2. The molecule has 0 amide bonds. The van der Waals surface area contributed by atoms with E-state index in [4.69, 9.17) is 0 Å². The average molecular weight is 400 g/mol. The van der Waals surface area contributed by atoms with E-state index in [9.17, 15) is 17.6 Å². The predicted octanol–water partition coefficient (Wildman–Crippen LogP) is 3.35. The third-order valence-corrected chi connectivity index (χ3v) is 6.42. The molecule has 5 nitrogen and oxygen atoms in total. The monoisotopic (exact) mass is 400 g/mol. The zero-order chi connectivity index (χ0) is 20.2. The molecule has 0 aliphatic heterocycles. The van der Waals surface area contributed by atoms with Crippen LogP contribution in [0.2, 0.25) is 0 Å². The molecule has 3 aromatic rings. The van der Waals surface area contributed by atoms with Crippen LogP contribution < -0.4 is 10.5 Å². The average Bonchev–Trinajstić information content (AvgIpc) is 3.48. The van der Waals surface area contributed by atoms with Crippen LogP contribution in [0.3, 0.4) is 0 Å². The normalized spacial score (nSPS) is 14.4. The Bertz CT molecular complexity index is 1260. The molecule has 0 unspecified atom stereocenters. The first-order chi connectivity index (χ1) is 13.2. The Labute approximate surface area is 162 Å². The third kappa shape index (κ3) is 3.20. The van der Waals surface area contributed by atoms with E-state index in [1.807, 2.05) is 13.1 Å². The molecule has 1 aromatic heterocycles. The van der Waals surface area contributed by atoms with Gasteiger partial charge >= 0.3 is 0 Å². The number of aryl methyl sites for hydroxylation is 1. The summed E-state index contributed by atoms with van der Waals surface area (Å²) in [6, 6.07) is 9.60. The standard InChI is InChI=1S/C21H21FN2O3S/c1-23-12-19(16-8-4-13(22)10-18(16)21(23)25)17-11-15(28(3,26)27)7-9-20(17)24(2)14-5-6-14/h4,7-12,14H,5-6H2,1-3H3. The predicted molar refractivity (Wildman–Crippen MR) is 109 cm³/mol. The molecule has 0 spiro atoms. The zero-order valence-electron chi connectivity index (χ0n) is 15.9. The molecule has 0 radical (unpaired) electrons. The van der Waals surface area contributed by atoms with E-state index in [0.29, 0.717) is 22.6 Å². The minimum absolute atomic E-state index is 0.208. The van der Waals surface area contributed by atoms with Crippen molar-refractivity contribution in [3.8, 4) is 11.1 Å².